The van der Waals surface area contributed by atoms with Gasteiger partial charge < -0.3 is 4.84 Å². The van der Waals surface area contributed by atoms with Crippen molar-refractivity contribution in [3.63, 3.8) is 0 Å². The van der Waals surface area contributed by atoms with E-state index in [0.717, 1.165) is 18.8 Å². The van der Waals surface area contributed by atoms with Gasteiger partial charge in [-0.3, -0.25) is 4.90 Å². The molecule has 3 atom stereocenters. The van der Waals surface area contributed by atoms with E-state index in [9.17, 15) is 0 Å². The van der Waals surface area contributed by atoms with E-state index in [4.69, 9.17) is 9.99 Å². The molecule has 1 fully saturated rings. The number of benzene rings is 2. The first-order valence-electron chi connectivity index (χ1n) is 9.88. The predicted molar refractivity (Wildman–Crippen MR) is 105 cm³/mol. The molecule has 2 heterocycles. The molecule has 5 rings (SSSR count). The number of rotatable bonds is 2. The fourth-order valence-electron chi connectivity index (χ4n) is 5.26. The SMILES string of the molecule is Cc1ccc(C2=NO[C@@H]3[C@@H](C)c4ccccc4[C@]23N2CCCCC2)cc1. The van der Waals surface area contributed by atoms with Gasteiger partial charge in [-0.2, -0.15) is 0 Å². The highest BCUT2D eigenvalue weighted by Gasteiger charge is 2.62. The summed E-state index contributed by atoms with van der Waals surface area (Å²) in [5, 5.41) is 4.69. The van der Waals surface area contributed by atoms with Gasteiger partial charge >= 0.3 is 0 Å². The number of piperidine rings is 1. The van der Waals surface area contributed by atoms with E-state index in [2.05, 4.69) is 67.3 Å². The van der Waals surface area contributed by atoms with Crippen molar-refractivity contribution in [2.24, 2.45) is 5.16 Å². The van der Waals surface area contributed by atoms with Gasteiger partial charge in [-0.15, -0.1) is 0 Å². The number of fused-ring (bicyclic) bond motifs is 3. The highest BCUT2D eigenvalue weighted by atomic mass is 16.6. The largest absolute Gasteiger partial charge is 0.389 e. The van der Waals surface area contributed by atoms with Crippen LogP contribution in [0.25, 0.3) is 0 Å². The smallest absolute Gasteiger partial charge is 0.162 e. The van der Waals surface area contributed by atoms with Gasteiger partial charge in [0, 0.05) is 11.5 Å². The van der Waals surface area contributed by atoms with Crippen LogP contribution in [0, 0.1) is 6.92 Å². The number of aryl methyl sites for hydroxylation is 1. The van der Waals surface area contributed by atoms with Crippen LogP contribution in [0.15, 0.2) is 53.7 Å². The van der Waals surface area contributed by atoms with Crippen LogP contribution in [0.4, 0.5) is 0 Å². The Hall–Kier alpha value is -2.13. The zero-order valence-corrected chi connectivity index (χ0v) is 15.6. The molecule has 3 aliphatic rings. The molecule has 1 saturated heterocycles. The fourth-order valence-corrected chi connectivity index (χ4v) is 5.26. The summed E-state index contributed by atoms with van der Waals surface area (Å²) >= 11 is 0. The number of oxime groups is 1. The van der Waals surface area contributed by atoms with Crippen LogP contribution in [0.5, 0.6) is 0 Å². The number of hydrogen-bond donors (Lipinski definition) is 0. The van der Waals surface area contributed by atoms with Crippen molar-refractivity contribution in [3.05, 3.63) is 70.8 Å². The van der Waals surface area contributed by atoms with Crippen LogP contribution in [0.2, 0.25) is 0 Å². The lowest BCUT2D eigenvalue weighted by molar-refractivity contribution is -0.0205. The lowest BCUT2D eigenvalue weighted by atomic mass is 9.78. The second-order valence-electron chi connectivity index (χ2n) is 8.02. The quantitative estimate of drug-likeness (QED) is 0.794. The standard InChI is InChI=1S/C23H26N2O/c1-16-10-12-18(13-11-16)21-23(25-14-6-3-7-15-25)20-9-5-4-8-19(20)17(2)22(23)26-24-21/h4-5,8-13,17,22H,3,6-7,14-15H2,1-2H3/t17-,22+,23-/m0/s1. The number of hydrogen-bond acceptors (Lipinski definition) is 3. The predicted octanol–water partition coefficient (Wildman–Crippen LogP) is 4.60. The van der Waals surface area contributed by atoms with E-state index in [0.29, 0.717) is 5.92 Å². The molecule has 0 radical (unpaired) electrons. The third-order valence-electron chi connectivity index (χ3n) is 6.53. The van der Waals surface area contributed by atoms with Gasteiger partial charge in [0.25, 0.3) is 0 Å². The highest BCUT2D eigenvalue weighted by Crippen LogP contribution is 2.54. The summed E-state index contributed by atoms with van der Waals surface area (Å²) in [4.78, 5) is 8.83. The molecule has 0 N–H and O–H groups in total. The lowest BCUT2D eigenvalue weighted by Gasteiger charge is -2.44. The Bertz CT molecular complexity index is 851. The number of likely N-dealkylation sites (tertiary alicyclic amines) is 1. The van der Waals surface area contributed by atoms with Crippen LogP contribution in [-0.4, -0.2) is 29.8 Å². The van der Waals surface area contributed by atoms with Crippen LogP contribution in [0.3, 0.4) is 0 Å². The molecule has 26 heavy (non-hydrogen) atoms. The van der Waals surface area contributed by atoms with Crippen LogP contribution in [0.1, 0.15) is 54.4 Å². The molecule has 0 amide bonds. The molecular formula is C23H26N2O. The second-order valence-corrected chi connectivity index (χ2v) is 8.02. The Balaban J connectivity index is 1.72. The first-order valence-corrected chi connectivity index (χ1v) is 9.88. The maximum absolute atomic E-state index is 6.17. The van der Waals surface area contributed by atoms with Crippen LogP contribution < -0.4 is 0 Å². The maximum Gasteiger partial charge on any atom is 0.162 e. The molecular weight excluding hydrogens is 320 g/mol. The summed E-state index contributed by atoms with van der Waals surface area (Å²) in [7, 11) is 0. The molecule has 3 heteroatoms. The molecule has 2 aromatic carbocycles. The second kappa shape index (κ2) is 5.95. The lowest BCUT2D eigenvalue weighted by Crippen LogP contribution is -2.57. The minimum absolute atomic E-state index is 0.0642. The van der Waals surface area contributed by atoms with Gasteiger partial charge in [0.05, 0.1) is 0 Å². The molecule has 0 unspecified atom stereocenters. The normalized spacial score (nSPS) is 30.5. The van der Waals surface area contributed by atoms with Gasteiger partial charge in [-0.25, -0.2) is 0 Å². The Kier molecular flexibility index (Phi) is 3.68. The zero-order valence-electron chi connectivity index (χ0n) is 15.6. The van der Waals surface area contributed by atoms with Crippen LogP contribution in [-0.2, 0) is 10.4 Å². The highest BCUT2D eigenvalue weighted by molar-refractivity contribution is 6.09. The van der Waals surface area contributed by atoms with E-state index in [1.165, 1.54) is 41.5 Å². The molecule has 134 valence electrons. The minimum Gasteiger partial charge on any atom is -0.389 e. The van der Waals surface area contributed by atoms with Gasteiger partial charge in [0.1, 0.15) is 11.3 Å². The Labute approximate surface area is 155 Å². The molecule has 2 aromatic rings. The molecule has 0 bridgehead atoms. The van der Waals surface area contributed by atoms with E-state index < -0.39 is 0 Å². The van der Waals surface area contributed by atoms with Crippen molar-refractivity contribution in [3.8, 4) is 0 Å². The number of nitrogens with zero attached hydrogens (tertiary/aromatic N) is 2. The molecule has 0 saturated carbocycles. The first-order chi connectivity index (χ1) is 12.7. The monoisotopic (exact) mass is 346 g/mol. The summed E-state index contributed by atoms with van der Waals surface area (Å²) in [5.74, 6) is 0.347. The van der Waals surface area contributed by atoms with Gasteiger partial charge in [0.15, 0.2) is 6.10 Å². The van der Waals surface area contributed by atoms with E-state index >= 15 is 0 Å². The fraction of sp³-hybridized carbons (Fsp3) is 0.435. The summed E-state index contributed by atoms with van der Waals surface area (Å²) < 4.78 is 0. The first kappa shape index (κ1) is 16.1. The van der Waals surface area contributed by atoms with Crippen molar-refractivity contribution in [1.29, 1.82) is 0 Å². The summed E-state index contributed by atoms with van der Waals surface area (Å²) in [6, 6.07) is 17.7. The summed E-state index contributed by atoms with van der Waals surface area (Å²) in [6.07, 6.45) is 3.90. The van der Waals surface area contributed by atoms with Crippen molar-refractivity contribution in [2.45, 2.75) is 50.7 Å². The average molecular weight is 346 g/mol. The molecule has 2 aliphatic heterocycles. The topological polar surface area (TPSA) is 24.8 Å². The Morgan fingerprint density at radius 2 is 1.73 bits per heavy atom. The minimum atomic E-state index is -0.244. The van der Waals surface area contributed by atoms with Crippen molar-refractivity contribution in [1.82, 2.24) is 4.90 Å². The third kappa shape index (κ3) is 2.07. The van der Waals surface area contributed by atoms with Gasteiger partial charge in [0.2, 0.25) is 0 Å². The Morgan fingerprint density at radius 3 is 2.50 bits per heavy atom. The maximum atomic E-state index is 6.17. The van der Waals surface area contributed by atoms with E-state index in [1.807, 2.05) is 0 Å². The molecule has 0 aromatic heterocycles. The average Bonchev–Trinajstić information content (AvgIpc) is 3.20. The molecule has 0 spiro atoms. The van der Waals surface area contributed by atoms with E-state index in [-0.39, 0.29) is 11.6 Å². The zero-order chi connectivity index (χ0) is 17.7. The Morgan fingerprint density at radius 1 is 1.00 bits per heavy atom. The van der Waals surface area contributed by atoms with Crippen LogP contribution >= 0.6 is 0 Å². The van der Waals surface area contributed by atoms with Crippen molar-refractivity contribution >= 4 is 5.71 Å². The van der Waals surface area contributed by atoms with Crippen molar-refractivity contribution in [2.75, 3.05) is 13.1 Å². The van der Waals surface area contributed by atoms with Gasteiger partial charge in [-0.1, -0.05) is 72.6 Å². The van der Waals surface area contributed by atoms with Crippen molar-refractivity contribution < 1.29 is 4.84 Å². The molecule has 3 nitrogen and oxygen atoms in total. The van der Waals surface area contributed by atoms with Gasteiger partial charge in [-0.05, 0) is 44.0 Å². The van der Waals surface area contributed by atoms with E-state index in [1.54, 1.807) is 0 Å². The third-order valence-corrected chi connectivity index (χ3v) is 6.53. The summed E-state index contributed by atoms with van der Waals surface area (Å²) in [5.41, 5.74) is 6.13. The summed E-state index contributed by atoms with van der Waals surface area (Å²) in [6.45, 7) is 6.66. The molecule has 1 aliphatic carbocycles.